The van der Waals surface area contributed by atoms with Crippen LogP contribution in [0.1, 0.15) is 59.0 Å². The number of aromatic nitrogens is 7. The van der Waals surface area contributed by atoms with Crippen LogP contribution in [0, 0.1) is 5.82 Å². The third kappa shape index (κ3) is 6.79. The maximum absolute atomic E-state index is 14.0. The number of carbonyl (C=O) groups is 1. The van der Waals surface area contributed by atoms with E-state index in [1.54, 1.807) is 12.4 Å². The third-order valence-corrected chi connectivity index (χ3v) is 7.12. The van der Waals surface area contributed by atoms with Gasteiger partial charge in [-0.3, -0.25) is 14.5 Å². The highest BCUT2D eigenvalue weighted by molar-refractivity contribution is 5.96. The van der Waals surface area contributed by atoms with E-state index in [1.807, 2.05) is 12.1 Å². The van der Waals surface area contributed by atoms with Crippen molar-refractivity contribution in [1.82, 2.24) is 40.5 Å². The Hall–Kier alpha value is -4.88. The van der Waals surface area contributed by atoms with Gasteiger partial charge in [-0.1, -0.05) is 5.21 Å². The molecular formula is C29H26F4N8O2. The predicted octanol–water partition coefficient (Wildman–Crippen LogP) is 5.48. The number of halogens is 4. The second kappa shape index (κ2) is 11.8. The van der Waals surface area contributed by atoms with Crippen LogP contribution in [0.5, 0.6) is 5.75 Å². The van der Waals surface area contributed by atoms with Gasteiger partial charge in [0.25, 0.3) is 5.91 Å². The second-order valence-electron chi connectivity index (χ2n) is 10.3. The Labute approximate surface area is 242 Å². The molecule has 6 rings (SSSR count). The number of aromatic amines is 1. The summed E-state index contributed by atoms with van der Waals surface area (Å²) in [4.78, 5) is 20.1. The highest BCUT2D eigenvalue weighted by Crippen LogP contribution is 2.46. The summed E-state index contributed by atoms with van der Waals surface area (Å²) in [5.74, 6) is -1.49. The number of aryl methyl sites for hydroxylation is 2. The van der Waals surface area contributed by atoms with Crippen LogP contribution in [0.3, 0.4) is 0 Å². The first-order chi connectivity index (χ1) is 20.7. The quantitative estimate of drug-likeness (QED) is 0.153. The lowest BCUT2D eigenvalue weighted by atomic mass is 10.0. The van der Waals surface area contributed by atoms with Crippen LogP contribution >= 0.6 is 0 Å². The highest BCUT2D eigenvalue weighted by Gasteiger charge is 2.31. The summed E-state index contributed by atoms with van der Waals surface area (Å²) in [7, 11) is 0. The van der Waals surface area contributed by atoms with E-state index >= 15 is 0 Å². The topological polar surface area (TPSA) is 124 Å². The molecule has 43 heavy (non-hydrogen) atoms. The van der Waals surface area contributed by atoms with E-state index in [2.05, 4.69) is 46.6 Å². The van der Waals surface area contributed by atoms with Gasteiger partial charge in [-0.25, -0.2) is 4.39 Å². The fourth-order valence-corrected chi connectivity index (χ4v) is 4.92. The predicted molar refractivity (Wildman–Crippen MR) is 146 cm³/mol. The van der Waals surface area contributed by atoms with E-state index in [0.29, 0.717) is 18.9 Å². The SMILES string of the molecule is O=C(NCc1cc(OC(F)(F)F)ccc1F)c1cn(CCCCc2cc3c(-c4ccncc4)c(C4CC4)[nH]c3nn2)nn1. The molecule has 4 heterocycles. The van der Waals surface area contributed by atoms with E-state index in [9.17, 15) is 22.4 Å². The van der Waals surface area contributed by atoms with Crippen molar-refractivity contribution in [3.8, 4) is 16.9 Å². The largest absolute Gasteiger partial charge is 0.573 e. The molecule has 1 aromatic carbocycles. The van der Waals surface area contributed by atoms with Crippen LogP contribution in [0.2, 0.25) is 0 Å². The van der Waals surface area contributed by atoms with E-state index in [0.717, 1.165) is 71.7 Å². The van der Waals surface area contributed by atoms with E-state index in [4.69, 9.17) is 0 Å². The average molecular weight is 595 g/mol. The van der Waals surface area contributed by atoms with Gasteiger partial charge in [-0.05, 0) is 80.0 Å². The van der Waals surface area contributed by atoms with Crippen molar-refractivity contribution >= 4 is 16.9 Å². The number of rotatable bonds is 11. The standard InChI is InChI=1S/C29H26F4N8O2/c30-23-7-6-21(43-29(31,32)33)13-19(23)15-35-28(42)24-16-41(40-38-24)12-2-1-3-20-14-22-25(17-8-10-34-11-9-17)26(18-4-5-18)36-27(22)39-37-20/h6-11,13-14,16,18H,1-5,12,15H2,(H,35,42)(H,36,39). The summed E-state index contributed by atoms with van der Waals surface area (Å²) < 4.78 is 56.7. The number of fused-ring (bicyclic) bond motifs is 1. The van der Waals surface area contributed by atoms with Gasteiger partial charge in [0.2, 0.25) is 0 Å². The molecule has 1 aliphatic rings. The Morgan fingerprint density at radius 3 is 2.65 bits per heavy atom. The number of amides is 1. The molecule has 0 saturated heterocycles. The fraction of sp³-hybridized carbons (Fsp3) is 0.310. The maximum Gasteiger partial charge on any atom is 0.573 e. The van der Waals surface area contributed by atoms with Crippen molar-refractivity contribution in [3.63, 3.8) is 0 Å². The van der Waals surface area contributed by atoms with Gasteiger partial charge in [0.05, 0.1) is 11.9 Å². The van der Waals surface area contributed by atoms with Crippen LogP contribution in [-0.2, 0) is 19.5 Å². The monoisotopic (exact) mass is 594 g/mol. The molecule has 1 fully saturated rings. The summed E-state index contributed by atoms with van der Waals surface area (Å²) >= 11 is 0. The highest BCUT2D eigenvalue weighted by atomic mass is 19.4. The van der Waals surface area contributed by atoms with Crippen LogP contribution in [0.25, 0.3) is 22.2 Å². The van der Waals surface area contributed by atoms with Gasteiger partial charge >= 0.3 is 6.36 Å². The number of nitrogens with zero attached hydrogens (tertiary/aromatic N) is 6. The molecule has 4 aromatic heterocycles. The Morgan fingerprint density at radius 2 is 1.88 bits per heavy atom. The van der Waals surface area contributed by atoms with E-state index in [-0.39, 0.29) is 17.8 Å². The molecule has 10 nitrogen and oxygen atoms in total. The Morgan fingerprint density at radius 1 is 1.07 bits per heavy atom. The van der Waals surface area contributed by atoms with Crippen molar-refractivity contribution in [3.05, 3.63) is 83.5 Å². The smallest absolute Gasteiger partial charge is 0.406 e. The summed E-state index contributed by atoms with van der Waals surface area (Å²) in [6.07, 6.45) is 4.66. The molecule has 222 valence electrons. The molecule has 0 bridgehead atoms. The van der Waals surface area contributed by atoms with Gasteiger partial charge in [-0.2, -0.15) is 5.10 Å². The van der Waals surface area contributed by atoms with Crippen molar-refractivity contribution < 1.29 is 27.1 Å². The zero-order valence-electron chi connectivity index (χ0n) is 22.7. The lowest BCUT2D eigenvalue weighted by Gasteiger charge is -2.11. The number of unbranched alkanes of at least 4 members (excludes halogenated alkanes) is 1. The number of carbonyl (C=O) groups excluding carboxylic acids is 1. The Kier molecular flexibility index (Phi) is 7.74. The Bertz CT molecular complexity index is 1750. The summed E-state index contributed by atoms with van der Waals surface area (Å²) in [5.41, 5.74) is 4.95. The van der Waals surface area contributed by atoms with Crippen molar-refractivity contribution in [2.75, 3.05) is 0 Å². The molecule has 0 aliphatic heterocycles. The minimum Gasteiger partial charge on any atom is -0.406 e. The van der Waals surface area contributed by atoms with Crippen LogP contribution in [0.4, 0.5) is 17.6 Å². The van der Waals surface area contributed by atoms with Crippen LogP contribution < -0.4 is 10.1 Å². The molecular weight excluding hydrogens is 568 g/mol. The number of H-pyrrole nitrogens is 1. The average Bonchev–Trinajstić information content (AvgIpc) is 3.60. The zero-order valence-corrected chi connectivity index (χ0v) is 22.7. The minimum absolute atomic E-state index is 0.00184. The number of benzene rings is 1. The lowest BCUT2D eigenvalue weighted by Crippen LogP contribution is -2.24. The van der Waals surface area contributed by atoms with Gasteiger partial charge in [-0.15, -0.1) is 23.4 Å². The molecule has 0 radical (unpaired) electrons. The summed E-state index contributed by atoms with van der Waals surface area (Å²) in [5, 5.41) is 20.2. The first-order valence-electron chi connectivity index (χ1n) is 13.7. The first-order valence-corrected chi connectivity index (χ1v) is 13.7. The first kappa shape index (κ1) is 28.2. The van der Waals surface area contributed by atoms with Gasteiger partial charge in [0, 0.05) is 47.7 Å². The molecule has 5 aromatic rings. The van der Waals surface area contributed by atoms with Crippen molar-refractivity contribution in [2.24, 2.45) is 0 Å². The molecule has 0 spiro atoms. The Balaban J connectivity index is 1.03. The zero-order chi connectivity index (χ0) is 30.0. The third-order valence-electron chi connectivity index (χ3n) is 7.12. The van der Waals surface area contributed by atoms with E-state index in [1.165, 1.54) is 16.6 Å². The van der Waals surface area contributed by atoms with Gasteiger partial charge < -0.3 is 15.0 Å². The lowest BCUT2D eigenvalue weighted by molar-refractivity contribution is -0.274. The van der Waals surface area contributed by atoms with Crippen molar-refractivity contribution in [2.45, 2.75) is 57.5 Å². The van der Waals surface area contributed by atoms with E-state index < -0.39 is 23.8 Å². The fourth-order valence-electron chi connectivity index (χ4n) is 4.92. The number of ether oxygens (including phenoxy) is 1. The molecule has 2 N–H and O–H groups in total. The second-order valence-corrected chi connectivity index (χ2v) is 10.3. The summed E-state index contributed by atoms with van der Waals surface area (Å²) in [6, 6.07) is 8.67. The maximum atomic E-state index is 14.0. The number of nitrogens with one attached hydrogen (secondary N) is 2. The number of alkyl halides is 3. The number of hydrogen-bond donors (Lipinski definition) is 2. The van der Waals surface area contributed by atoms with Crippen LogP contribution in [-0.4, -0.2) is 47.4 Å². The van der Waals surface area contributed by atoms with Crippen molar-refractivity contribution in [1.29, 1.82) is 0 Å². The summed E-state index contributed by atoms with van der Waals surface area (Å²) in [6.45, 7) is 0.143. The molecule has 0 unspecified atom stereocenters. The molecule has 1 aliphatic carbocycles. The van der Waals surface area contributed by atoms with Gasteiger partial charge in [0.15, 0.2) is 11.3 Å². The number of hydrogen-bond acceptors (Lipinski definition) is 7. The van der Waals surface area contributed by atoms with Crippen LogP contribution in [0.15, 0.2) is 55.0 Å². The molecule has 1 saturated carbocycles. The minimum atomic E-state index is -4.91. The normalized spacial score (nSPS) is 13.4. The van der Waals surface area contributed by atoms with Gasteiger partial charge in [0.1, 0.15) is 11.6 Å². The number of pyridine rings is 1. The molecule has 0 atom stereocenters. The molecule has 14 heteroatoms. The molecule has 1 amide bonds.